The number of carbonyl (C=O) groups is 3. The van der Waals surface area contributed by atoms with Crippen molar-refractivity contribution in [3.8, 4) is 0 Å². The van der Waals surface area contributed by atoms with Crippen molar-refractivity contribution in [3.63, 3.8) is 0 Å². The highest BCUT2D eigenvalue weighted by molar-refractivity contribution is 7.13. The Hall–Kier alpha value is -2.74. The summed E-state index contributed by atoms with van der Waals surface area (Å²) in [5.41, 5.74) is 1.29. The summed E-state index contributed by atoms with van der Waals surface area (Å²) in [5.74, 6) is -0.929. The van der Waals surface area contributed by atoms with E-state index in [4.69, 9.17) is 0 Å². The molecule has 3 rings (SSSR count). The lowest BCUT2D eigenvalue weighted by Gasteiger charge is -2.31. The Balaban J connectivity index is 1.40. The van der Waals surface area contributed by atoms with Gasteiger partial charge >= 0.3 is 0 Å². The molecule has 0 radical (unpaired) electrons. The van der Waals surface area contributed by atoms with Crippen molar-refractivity contribution in [3.05, 3.63) is 57.0 Å². The second-order valence-electron chi connectivity index (χ2n) is 7.55. The molecular formula is C22H26FN3O3S. The summed E-state index contributed by atoms with van der Waals surface area (Å²) < 4.78 is 13.6. The van der Waals surface area contributed by atoms with E-state index >= 15 is 0 Å². The molecule has 2 N–H and O–H groups in total. The highest BCUT2D eigenvalue weighted by atomic mass is 32.1. The third-order valence-electron chi connectivity index (χ3n) is 5.29. The van der Waals surface area contributed by atoms with Crippen LogP contribution in [-0.2, 0) is 16.1 Å². The van der Waals surface area contributed by atoms with Crippen LogP contribution in [0.3, 0.4) is 0 Å². The molecule has 1 fully saturated rings. The van der Waals surface area contributed by atoms with Crippen LogP contribution in [0.1, 0.15) is 38.5 Å². The summed E-state index contributed by atoms with van der Waals surface area (Å²) in [6, 6.07) is 8.54. The number of rotatable bonds is 6. The highest BCUT2D eigenvalue weighted by Gasteiger charge is 2.27. The molecule has 8 heteroatoms. The van der Waals surface area contributed by atoms with Crippen LogP contribution in [0.5, 0.6) is 0 Å². The van der Waals surface area contributed by atoms with Gasteiger partial charge in [0.25, 0.3) is 5.91 Å². The fourth-order valence-corrected chi connectivity index (χ4v) is 4.17. The first kappa shape index (κ1) is 22.0. The number of likely N-dealkylation sites (tertiary alicyclic amines) is 1. The normalized spacial score (nSPS) is 14.4. The molecule has 0 bridgehead atoms. The number of thiophene rings is 1. The van der Waals surface area contributed by atoms with E-state index in [-0.39, 0.29) is 42.5 Å². The maximum Gasteiger partial charge on any atom is 0.261 e. The lowest BCUT2D eigenvalue weighted by Crippen LogP contribution is -2.46. The molecule has 3 amide bonds. The number of hydrogen-bond donors (Lipinski definition) is 2. The van der Waals surface area contributed by atoms with Crippen LogP contribution < -0.4 is 10.6 Å². The van der Waals surface area contributed by atoms with E-state index in [1.807, 2.05) is 13.0 Å². The molecule has 0 spiro atoms. The average Bonchev–Trinajstić information content (AvgIpc) is 3.19. The van der Waals surface area contributed by atoms with Crippen LogP contribution in [-0.4, -0.2) is 42.3 Å². The average molecular weight is 432 g/mol. The van der Waals surface area contributed by atoms with Gasteiger partial charge in [-0.15, -0.1) is 11.3 Å². The van der Waals surface area contributed by atoms with Gasteiger partial charge in [0.1, 0.15) is 5.82 Å². The Morgan fingerprint density at radius 2 is 1.83 bits per heavy atom. The Labute approximate surface area is 179 Å². The number of halogens is 1. The van der Waals surface area contributed by atoms with Crippen LogP contribution in [0.25, 0.3) is 0 Å². The van der Waals surface area contributed by atoms with Crippen LogP contribution in [0.15, 0.2) is 30.3 Å². The van der Waals surface area contributed by atoms with E-state index in [0.29, 0.717) is 36.4 Å². The molecule has 1 aliphatic rings. The molecule has 6 nitrogen and oxygen atoms in total. The van der Waals surface area contributed by atoms with Gasteiger partial charge in [0.05, 0.1) is 11.4 Å². The number of aryl methyl sites for hydroxylation is 2. The third-order valence-corrected chi connectivity index (χ3v) is 6.29. The van der Waals surface area contributed by atoms with Gasteiger partial charge < -0.3 is 15.5 Å². The minimum atomic E-state index is -0.283. The number of nitrogens with one attached hydrogen (secondary N) is 2. The zero-order valence-corrected chi connectivity index (χ0v) is 18.0. The van der Waals surface area contributed by atoms with Crippen LogP contribution in [0.2, 0.25) is 0 Å². The van der Waals surface area contributed by atoms with Crippen LogP contribution in [0.4, 0.5) is 4.39 Å². The molecule has 0 atom stereocenters. The largest absolute Gasteiger partial charge is 0.352 e. The minimum absolute atomic E-state index is 0.0500. The molecule has 2 aromatic rings. The van der Waals surface area contributed by atoms with Gasteiger partial charge in [-0.05, 0) is 56.0 Å². The lowest BCUT2D eigenvalue weighted by atomic mass is 9.95. The first-order valence-corrected chi connectivity index (χ1v) is 10.8. The van der Waals surface area contributed by atoms with E-state index in [0.717, 1.165) is 10.4 Å². The third kappa shape index (κ3) is 5.66. The smallest absolute Gasteiger partial charge is 0.261 e. The number of piperidine rings is 1. The Bertz CT molecular complexity index is 935. The molecular weight excluding hydrogens is 405 g/mol. The monoisotopic (exact) mass is 431 g/mol. The van der Waals surface area contributed by atoms with E-state index < -0.39 is 0 Å². The summed E-state index contributed by atoms with van der Waals surface area (Å²) in [5, 5.41) is 5.52. The summed E-state index contributed by atoms with van der Waals surface area (Å²) in [4.78, 5) is 40.1. The van der Waals surface area contributed by atoms with Crippen molar-refractivity contribution in [2.24, 2.45) is 5.92 Å². The maximum atomic E-state index is 13.6. The van der Waals surface area contributed by atoms with Crippen molar-refractivity contribution in [2.45, 2.75) is 33.2 Å². The standard InChI is InChI=1S/C22H26FN3O3S/c1-14-3-5-16(11-18(14)23)12-24-21(28)17-7-9-26(10-8-17)20(27)13-25-22(29)19-6-4-15(2)30-19/h3-6,11,17H,7-10,12-13H2,1-2H3,(H,24,28)(H,25,29). The van der Waals surface area contributed by atoms with Crippen molar-refractivity contribution in [1.29, 1.82) is 0 Å². The first-order chi connectivity index (χ1) is 14.3. The zero-order chi connectivity index (χ0) is 21.7. The Morgan fingerprint density at radius 3 is 2.47 bits per heavy atom. The van der Waals surface area contributed by atoms with Gasteiger partial charge in [-0.2, -0.15) is 0 Å². The number of benzene rings is 1. The quantitative estimate of drug-likeness (QED) is 0.738. The van der Waals surface area contributed by atoms with Gasteiger partial charge in [-0.3, -0.25) is 14.4 Å². The maximum absolute atomic E-state index is 13.6. The van der Waals surface area contributed by atoms with E-state index in [2.05, 4.69) is 10.6 Å². The van der Waals surface area contributed by atoms with Crippen molar-refractivity contribution >= 4 is 29.1 Å². The SMILES string of the molecule is Cc1ccc(C(=O)NCC(=O)N2CCC(C(=O)NCc3ccc(C)c(F)c3)CC2)s1. The van der Waals surface area contributed by atoms with E-state index in [9.17, 15) is 18.8 Å². The van der Waals surface area contributed by atoms with Gasteiger partial charge in [-0.25, -0.2) is 4.39 Å². The van der Waals surface area contributed by atoms with Gasteiger partial charge in [-0.1, -0.05) is 12.1 Å². The van der Waals surface area contributed by atoms with Crippen molar-refractivity contribution < 1.29 is 18.8 Å². The Kier molecular flexibility index (Phi) is 7.20. The van der Waals surface area contributed by atoms with Crippen molar-refractivity contribution in [1.82, 2.24) is 15.5 Å². The predicted octanol–water partition coefficient (Wildman–Crippen LogP) is 2.79. The number of carbonyl (C=O) groups excluding carboxylic acids is 3. The number of hydrogen-bond acceptors (Lipinski definition) is 4. The Morgan fingerprint density at radius 1 is 1.10 bits per heavy atom. The minimum Gasteiger partial charge on any atom is -0.352 e. The fraction of sp³-hybridized carbons (Fsp3) is 0.409. The number of nitrogens with zero attached hydrogens (tertiary/aromatic N) is 1. The molecule has 0 unspecified atom stereocenters. The molecule has 1 saturated heterocycles. The lowest BCUT2D eigenvalue weighted by molar-refractivity contribution is -0.134. The van der Waals surface area contributed by atoms with Crippen LogP contribution in [0, 0.1) is 25.6 Å². The topological polar surface area (TPSA) is 78.5 Å². The summed E-state index contributed by atoms with van der Waals surface area (Å²) in [6.07, 6.45) is 1.13. The van der Waals surface area contributed by atoms with Gasteiger partial charge in [0.2, 0.25) is 11.8 Å². The summed E-state index contributed by atoms with van der Waals surface area (Å²) in [6.45, 7) is 4.80. The first-order valence-electron chi connectivity index (χ1n) is 9.98. The second kappa shape index (κ2) is 9.84. The van der Waals surface area contributed by atoms with Gasteiger partial charge in [0, 0.05) is 30.4 Å². The molecule has 30 heavy (non-hydrogen) atoms. The molecule has 1 aromatic carbocycles. The predicted molar refractivity (Wildman–Crippen MR) is 114 cm³/mol. The second-order valence-corrected chi connectivity index (χ2v) is 8.84. The zero-order valence-electron chi connectivity index (χ0n) is 17.2. The molecule has 2 heterocycles. The van der Waals surface area contributed by atoms with Crippen molar-refractivity contribution in [2.75, 3.05) is 19.6 Å². The number of amides is 3. The van der Waals surface area contributed by atoms with E-state index in [1.165, 1.54) is 17.4 Å². The van der Waals surface area contributed by atoms with E-state index in [1.54, 1.807) is 30.0 Å². The van der Waals surface area contributed by atoms with Gasteiger partial charge in [0.15, 0.2) is 0 Å². The highest BCUT2D eigenvalue weighted by Crippen LogP contribution is 2.18. The van der Waals surface area contributed by atoms with Crippen LogP contribution >= 0.6 is 11.3 Å². The summed E-state index contributed by atoms with van der Waals surface area (Å²) in [7, 11) is 0. The molecule has 0 saturated carbocycles. The molecule has 0 aliphatic carbocycles. The molecule has 160 valence electrons. The molecule has 1 aliphatic heterocycles. The molecule has 1 aromatic heterocycles. The summed E-state index contributed by atoms with van der Waals surface area (Å²) >= 11 is 1.39. The fourth-order valence-electron chi connectivity index (χ4n) is 3.38.